The second-order valence-electron chi connectivity index (χ2n) is 3.25. The van der Waals surface area contributed by atoms with E-state index in [2.05, 4.69) is 0 Å². The Morgan fingerprint density at radius 3 is 2.45 bits per heavy atom. The standard InChI is InChI=1S/C8H16FNO/c1-6(10)8(9)7-2-4-11-5-3-7/h6-8H,2-5,10H2,1H3. The highest BCUT2D eigenvalue weighted by molar-refractivity contribution is 4.77. The van der Waals surface area contributed by atoms with Crippen molar-refractivity contribution >= 4 is 0 Å². The molecule has 0 radical (unpaired) electrons. The van der Waals surface area contributed by atoms with Crippen LogP contribution in [0.5, 0.6) is 0 Å². The summed E-state index contributed by atoms with van der Waals surface area (Å²) in [7, 11) is 0. The fourth-order valence-electron chi connectivity index (χ4n) is 1.46. The topological polar surface area (TPSA) is 35.2 Å². The molecular weight excluding hydrogens is 145 g/mol. The van der Waals surface area contributed by atoms with Gasteiger partial charge in [-0.15, -0.1) is 0 Å². The first-order valence-corrected chi connectivity index (χ1v) is 4.19. The predicted octanol–water partition coefficient (Wildman–Crippen LogP) is 1.10. The minimum atomic E-state index is -0.848. The number of ether oxygens (including phenoxy) is 1. The van der Waals surface area contributed by atoms with Crippen molar-refractivity contribution in [2.45, 2.75) is 32.0 Å². The van der Waals surface area contributed by atoms with Crippen LogP contribution in [0.1, 0.15) is 19.8 Å². The van der Waals surface area contributed by atoms with Crippen LogP contribution in [0.4, 0.5) is 4.39 Å². The van der Waals surface area contributed by atoms with Crippen molar-refractivity contribution in [1.82, 2.24) is 0 Å². The van der Waals surface area contributed by atoms with Gasteiger partial charge in [0.2, 0.25) is 0 Å². The number of rotatable bonds is 2. The Balaban J connectivity index is 2.32. The van der Waals surface area contributed by atoms with Gasteiger partial charge >= 0.3 is 0 Å². The molecule has 3 heteroatoms. The average molecular weight is 161 g/mol. The second kappa shape index (κ2) is 4.02. The lowest BCUT2D eigenvalue weighted by molar-refractivity contribution is 0.0320. The van der Waals surface area contributed by atoms with E-state index in [0.717, 1.165) is 12.8 Å². The van der Waals surface area contributed by atoms with Crippen molar-refractivity contribution in [2.75, 3.05) is 13.2 Å². The normalized spacial score (nSPS) is 26.5. The van der Waals surface area contributed by atoms with E-state index in [0.29, 0.717) is 13.2 Å². The fourth-order valence-corrected chi connectivity index (χ4v) is 1.46. The molecule has 1 saturated heterocycles. The van der Waals surface area contributed by atoms with Gasteiger partial charge in [-0.05, 0) is 25.7 Å². The highest BCUT2D eigenvalue weighted by Gasteiger charge is 2.26. The molecule has 2 unspecified atom stereocenters. The zero-order chi connectivity index (χ0) is 8.27. The molecule has 0 aliphatic carbocycles. The lowest BCUT2D eigenvalue weighted by atomic mass is 9.91. The van der Waals surface area contributed by atoms with Crippen molar-refractivity contribution < 1.29 is 9.13 Å². The van der Waals surface area contributed by atoms with Crippen molar-refractivity contribution in [3.8, 4) is 0 Å². The second-order valence-corrected chi connectivity index (χ2v) is 3.25. The van der Waals surface area contributed by atoms with Crippen LogP contribution in [0.2, 0.25) is 0 Å². The van der Waals surface area contributed by atoms with E-state index < -0.39 is 6.17 Å². The van der Waals surface area contributed by atoms with Crippen LogP contribution >= 0.6 is 0 Å². The SMILES string of the molecule is CC(N)C(F)C1CCOCC1. The molecule has 0 aromatic heterocycles. The van der Waals surface area contributed by atoms with Gasteiger partial charge < -0.3 is 10.5 Å². The Morgan fingerprint density at radius 2 is 2.00 bits per heavy atom. The Kier molecular flexibility index (Phi) is 3.27. The largest absolute Gasteiger partial charge is 0.381 e. The molecule has 0 bridgehead atoms. The van der Waals surface area contributed by atoms with Gasteiger partial charge in [0.15, 0.2) is 0 Å². The number of hydrogen-bond acceptors (Lipinski definition) is 2. The minimum Gasteiger partial charge on any atom is -0.381 e. The lowest BCUT2D eigenvalue weighted by Gasteiger charge is -2.27. The van der Waals surface area contributed by atoms with Gasteiger partial charge in [-0.25, -0.2) is 4.39 Å². The Morgan fingerprint density at radius 1 is 1.45 bits per heavy atom. The molecule has 2 N–H and O–H groups in total. The molecule has 66 valence electrons. The maximum Gasteiger partial charge on any atom is 0.118 e. The van der Waals surface area contributed by atoms with E-state index in [1.54, 1.807) is 6.92 Å². The van der Waals surface area contributed by atoms with Gasteiger partial charge in [0.1, 0.15) is 6.17 Å². The first-order chi connectivity index (χ1) is 5.22. The van der Waals surface area contributed by atoms with Crippen molar-refractivity contribution in [2.24, 2.45) is 11.7 Å². The molecule has 11 heavy (non-hydrogen) atoms. The zero-order valence-corrected chi connectivity index (χ0v) is 6.92. The van der Waals surface area contributed by atoms with Gasteiger partial charge in [-0.2, -0.15) is 0 Å². The van der Waals surface area contributed by atoms with Crippen LogP contribution < -0.4 is 5.73 Å². The van der Waals surface area contributed by atoms with Gasteiger partial charge in [0, 0.05) is 19.3 Å². The van der Waals surface area contributed by atoms with E-state index >= 15 is 0 Å². The molecule has 0 spiro atoms. The lowest BCUT2D eigenvalue weighted by Crippen LogP contribution is -2.37. The van der Waals surface area contributed by atoms with Crippen LogP contribution in [0, 0.1) is 5.92 Å². The Hall–Kier alpha value is -0.150. The quantitative estimate of drug-likeness (QED) is 0.658. The first kappa shape index (κ1) is 8.94. The van der Waals surface area contributed by atoms with Crippen LogP contribution in [-0.4, -0.2) is 25.4 Å². The molecule has 2 atom stereocenters. The van der Waals surface area contributed by atoms with Gasteiger partial charge in [-0.3, -0.25) is 0 Å². The van der Waals surface area contributed by atoms with E-state index in [9.17, 15) is 4.39 Å². The summed E-state index contributed by atoms with van der Waals surface area (Å²) in [6, 6.07) is -0.335. The zero-order valence-electron chi connectivity index (χ0n) is 6.92. The molecule has 1 aliphatic heterocycles. The molecule has 1 rings (SSSR count). The third-order valence-corrected chi connectivity index (χ3v) is 2.22. The summed E-state index contributed by atoms with van der Waals surface area (Å²) >= 11 is 0. The Bertz CT molecular complexity index is 113. The Labute approximate surface area is 66.9 Å². The predicted molar refractivity (Wildman–Crippen MR) is 42.1 cm³/mol. The van der Waals surface area contributed by atoms with Crippen molar-refractivity contribution in [3.63, 3.8) is 0 Å². The molecule has 1 aliphatic rings. The molecule has 1 fully saturated rings. The summed E-state index contributed by atoms with van der Waals surface area (Å²) in [4.78, 5) is 0. The van der Waals surface area contributed by atoms with Crippen LogP contribution in [0.25, 0.3) is 0 Å². The highest BCUT2D eigenvalue weighted by Crippen LogP contribution is 2.22. The number of nitrogens with two attached hydrogens (primary N) is 1. The van der Waals surface area contributed by atoms with Gasteiger partial charge in [-0.1, -0.05) is 0 Å². The summed E-state index contributed by atoms with van der Waals surface area (Å²) in [5, 5.41) is 0. The molecule has 2 nitrogen and oxygen atoms in total. The summed E-state index contributed by atoms with van der Waals surface area (Å²) in [5.74, 6) is 0.128. The maximum absolute atomic E-state index is 13.2. The number of alkyl halides is 1. The number of hydrogen-bond donors (Lipinski definition) is 1. The van der Waals surface area contributed by atoms with Crippen molar-refractivity contribution in [3.05, 3.63) is 0 Å². The van der Waals surface area contributed by atoms with Crippen LogP contribution in [-0.2, 0) is 4.74 Å². The van der Waals surface area contributed by atoms with E-state index in [1.165, 1.54) is 0 Å². The average Bonchev–Trinajstić information content (AvgIpc) is 2.05. The third kappa shape index (κ3) is 2.42. The van der Waals surface area contributed by atoms with E-state index in [1.807, 2.05) is 0 Å². The smallest absolute Gasteiger partial charge is 0.118 e. The molecule has 0 saturated carbocycles. The maximum atomic E-state index is 13.2. The summed E-state index contributed by atoms with van der Waals surface area (Å²) in [6.45, 7) is 3.11. The third-order valence-electron chi connectivity index (χ3n) is 2.22. The first-order valence-electron chi connectivity index (χ1n) is 4.19. The molecule has 1 heterocycles. The molecule has 0 aromatic rings. The molecule has 0 aromatic carbocycles. The van der Waals surface area contributed by atoms with Gasteiger partial charge in [0.05, 0.1) is 0 Å². The van der Waals surface area contributed by atoms with E-state index in [4.69, 9.17) is 10.5 Å². The molecule has 0 amide bonds. The summed E-state index contributed by atoms with van der Waals surface area (Å²) in [5.41, 5.74) is 5.45. The fraction of sp³-hybridized carbons (Fsp3) is 1.00. The summed E-state index contributed by atoms with van der Waals surface area (Å²) in [6.07, 6.45) is 0.796. The van der Waals surface area contributed by atoms with Crippen molar-refractivity contribution in [1.29, 1.82) is 0 Å². The van der Waals surface area contributed by atoms with E-state index in [-0.39, 0.29) is 12.0 Å². The van der Waals surface area contributed by atoms with Gasteiger partial charge in [0.25, 0.3) is 0 Å². The van der Waals surface area contributed by atoms with Crippen LogP contribution in [0.15, 0.2) is 0 Å². The summed E-state index contributed by atoms with van der Waals surface area (Å²) < 4.78 is 18.4. The monoisotopic (exact) mass is 161 g/mol. The van der Waals surface area contributed by atoms with Crippen LogP contribution in [0.3, 0.4) is 0 Å². The minimum absolute atomic E-state index is 0.128. The molecular formula is C8H16FNO. The number of halogens is 1. The highest BCUT2D eigenvalue weighted by atomic mass is 19.1.